The molecular formula is C33H35ClF3N7O4. The zero-order valence-electron chi connectivity index (χ0n) is 26.2. The molecule has 0 radical (unpaired) electrons. The van der Waals surface area contributed by atoms with E-state index >= 15 is 4.39 Å². The molecule has 3 aromatic carbocycles. The minimum absolute atomic E-state index is 0.0822. The lowest BCUT2D eigenvalue weighted by molar-refractivity contribution is -0.137. The van der Waals surface area contributed by atoms with E-state index < -0.39 is 54.9 Å². The van der Waals surface area contributed by atoms with Crippen LogP contribution >= 0.6 is 11.6 Å². The molecule has 15 heteroatoms. The van der Waals surface area contributed by atoms with Crippen LogP contribution in [-0.4, -0.2) is 80.4 Å². The van der Waals surface area contributed by atoms with E-state index in [0.717, 1.165) is 0 Å². The first-order valence-electron chi connectivity index (χ1n) is 15.2. The third kappa shape index (κ3) is 7.72. The molecule has 0 aliphatic carbocycles. The van der Waals surface area contributed by atoms with Gasteiger partial charge < -0.3 is 26.4 Å². The fourth-order valence-electron chi connectivity index (χ4n) is 5.65. The number of carbonyl (C=O) groups is 3. The fourth-order valence-corrected chi connectivity index (χ4v) is 5.89. The number of nitrogens with zero attached hydrogens (tertiary/aromatic N) is 4. The van der Waals surface area contributed by atoms with Gasteiger partial charge >= 0.3 is 0 Å². The number of hydrogen-bond donors (Lipinski definition) is 4. The molecule has 48 heavy (non-hydrogen) atoms. The summed E-state index contributed by atoms with van der Waals surface area (Å²) in [7, 11) is 0. The second-order valence-corrected chi connectivity index (χ2v) is 12.3. The van der Waals surface area contributed by atoms with Crippen molar-refractivity contribution >= 4 is 51.6 Å². The minimum Gasteiger partial charge on any atom is -0.364 e. The molecule has 0 bridgehead atoms. The maximum atomic E-state index is 15.4. The van der Waals surface area contributed by atoms with Gasteiger partial charge in [-0.2, -0.15) is 5.10 Å². The van der Waals surface area contributed by atoms with E-state index in [1.165, 1.54) is 26.6 Å². The molecule has 11 nitrogen and oxygen atoms in total. The zero-order valence-corrected chi connectivity index (χ0v) is 27.0. The molecule has 1 fully saturated rings. The predicted octanol–water partition coefficient (Wildman–Crippen LogP) is 4.89. The highest BCUT2D eigenvalue weighted by molar-refractivity contribution is 6.33. The van der Waals surface area contributed by atoms with Gasteiger partial charge in [-0.15, -0.1) is 0 Å². The van der Waals surface area contributed by atoms with Crippen LogP contribution in [0.15, 0.2) is 60.7 Å². The van der Waals surface area contributed by atoms with Crippen LogP contribution in [0.2, 0.25) is 5.02 Å². The summed E-state index contributed by atoms with van der Waals surface area (Å²) < 4.78 is 44.4. The summed E-state index contributed by atoms with van der Waals surface area (Å²) in [6.45, 7) is 2.30. The lowest BCUT2D eigenvalue weighted by Gasteiger charge is -2.35. The first-order valence-corrected chi connectivity index (χ1v) is 15.6. The highest BCUT2D eigenvalue weighted by atomic mass is 35.5. The Labute approximate surface area is 279 Å². The van der Waals surface area contributed by atoms with Crippen LogP contribution in [0.5, 0.6) is 0 Å². The normalized spacial score (nSPS) is 15.3. The third-order valence-electron chi connectivity index (χ3n) is 8.03. The van der Waals surface area contributed by atoms with Crippen LogP contribution in [0.1, 0.15) is 37.2 Å². The number of aliphatic hydroxyl groups excluding tert-OH is 1. The molecule has 1 aromatic heterocycles. The van der Waals surface area contributed by atoms with Gasteiger partial charge in [-0.25, -0.2) is 13.2 Å². The molecule has 1 saturated heterocycles. The van der Waals surface area contributed by atoms with Crippen LogP contribution < -0.4 is 16.4 Å². The van der Waals surface area contributed by atoms with Gasteiger partial charge in [0.05, 0.1) is 17.7 Å². The number of aliphatic hydroxyl groups is 1. The van der Waals surface area contributed by atoms with E-state index in [0.29, 0.717) is 21.8 Å². The number of rotatable bonds is 11. The van der Waals surface area contributed by atoms with Gasteiger partial charge in [0.1, 0.15) is 13.1 Å². The molecule has 1 aliphatic heterocycles. The average molecular weight is 686 g/mol. The zero-order chi connectivity index (χ0) is 34.7. The Bertz CT molecular complexity index is 1850. The molecule has 5 N–H and O–H groups in total. The van der Waals surface area contributed by atoms with Gasteiger partial charge in [0.2, 0.25) is 11.8 Å². The number of halogens is 4. The van der Waals surface area contributed by atoms with Crippen LogP contribution in [0, 0.1) is 5.82 Å². The molecule has 0 saturated carbocycles. The summed E-state index contributed by atoms with van der Waals surface area (Å²) in [5.74, 6) is -5.63. The van der Waals surface area contributed by atoms with Crippen molar-refractivity contribution in [3.63, 3.8) is 0 Å². The average Bonchev–Trinajstić information content (AvgIpc) is 3.38. The smallest absolute Gasteiger partial charge is 0.269 e. The van der Waals surface area contributed by atoms with Gasteiger partial charge in [0.15, 0.2) is 17.9 Å². The highest BCUT2D eigenvalue weighted by Crippen LogP contribution is 2.33. The van der Waals surface area contributed by atoms with Crippen LogP contribution in [0.4, 0.5) is 24.5 Å². The maximum absolute atomic E-state index is 15.4. The van der Waals surface area contributed by atoms with Gasteiger partial charge in [0.25, 0.3) is 11.8 Å². The van der Waals surface area contributed by atoms with Crippen molar-refractivity contribution < 1.29 is 32.7 Å². The Kier molecular flexibility index (Phi) is 10.3. The lowest BCUT2D eigenvalue weighted by Crippen LogP contribution is -2.50. The quantitative estimate of drug-likeness (QED) is 0.165. The highest BCUT2D eigenvalue weighted by Gasteiger charge is 2.37. The Hall–Kier alpha value is -4.66. The van der Waals surface area contributed by atoms with Crippen molar-refractivity contribution in [3.8, 4) is 11.1 Å². The van der Waals surface area contributed by atoms with E-state index in [9.17, 15) is 28.3 Å². The molecule has 2 heterocycles. The topological polar surface area (TPSA) is 146 Å². The first-order chi connectivity index (χ1) is 22.7. The first kappa shape index (κ1) is 34.7. The number of carbonyl (C=O) groups excluding carboxylic acids is 3. The Morgan fingerprint density at radius 1 is 1.10 bits per heavy atom. The van der Waals surface area contributed by atoms with Crippen LogP contribution in [0.3, 0.4) is 0 Å². The fraction of sp³-hybridized carbons (Fsp3) is 0.333. The number of alkyl halides is 2. The number of likely N-dealkylation sites (tertiary alicyclic amines) is 1. The largest absolute Gasteiger partial charge is 0.364 e. The molecule has 1 unspecified atom stereocenters. The summed E-state index contributed by atoms with van der Waals surface area (Å²) in [6, 6.07) is 15.4. The predicted molar refractivity (Wildman–Crippen MR) is 176 cm³/mol. The number of anilines is 2. The molecule has 0 spiro atoms. The Balaban J connectivity index is 1.31. The number of piperidine rings is 1. The van der Waals surface area contributed by atoms with Crippen molar-refractivity contribution in [3.05, 3.63) is 77.2 Å². The van der Waals surface area contributed by atoms with E-state index in [1.54, 1.807) is 62.4 Å². The van der Waals surface area contributed by atoms with E-state index in [4.69, 9.17) is 17.3 Å². The lowest BCUT2D eigenvalue weighted by atomic mass is 10.0. The summed E-state index contributed by atoms with van der Waals surface area (Å²) in [5.41, 5.74) is 6.67. The van der Waals surface area contributed by atoms with E-state index in [2.05, 4.69) is 15.7 Å². The standard InChI is InChI=1S/C33H35ClF3N7O4/c1-19(2)43(16-27(45)40-25-10-5-8-22(29(25)35)21-7-3-4-9-24(21)34)28(46)17-44-26-12-11-20(15-23(26)30(41-44)31(38)47)39-32(48)42-14-6-13-33(36,37)18-42/h3-5,7-12,15,19,32,39,48H,6,13-14,16-18H2,1-2H3,(H2,38,47)(H,40,45). The number of nitrogens with one attached hydrogen (secondary N) is 2. The molecule has 3 amide bonds. The Morgan fingerprint density at radius 3 is 2.52 bits per heavy atom. The number of primary amides is 1. The second-order valence-electron chi connectivity index (χ2n) is 11.9. The monoisotopic (exact) mass is 685 g/mol. The number of amides is 3. The van der Waals surface area contributed by atoms with Crippen LogP contribution in [-0.2, 0) is 16.1 Å². The maximum Gasteiger partial charge on any atom is 0.269 e. The van der Waals surface area contributed by atoms with Gasteiger partial charge in [-0.3, -0.25) is 24.0 Å². The number of hydrogen-bond acceptors (Lipinski definition) is 7. The van der Waals surface area contributed by atoms with Crippen molar-refractivity contribution in [2.75, 3.05) is 30.3 Å². The molecule has 5 rings (SSSR count). The molecule has 254 valence electrons. The van der Waals surface area contributed by atoms with Crippen molar-refractivity contribution in [2.24, 2.45) is 5.73 Å². The van der Waals surface area contributed by atoms with Crippen molar-refractivity contribution in [1.82, 2.24) is 19.6 Å². The number of fused-ring (bicyclic) bond motifs is 1. The molecular weight excluding hydrogens is 651 g/mol. The van der Waals surface area contributed by atoms with Gasteiger partial charge in [-0.05, 0) is 50.6 Å². The molecule has 4 aromatic rings. The third-order valence-corrected chi connectivity index (χ3v) is 8.36. The van der Waals surface area contributed by atoms with E-state index in [1.807, 2.05) is 0 Å². The number of nitrogens with two attached hydrogens (primary N) is 1. The number of aromatic nitrogens is 2. The van der Waals surface area contributed by atoms with Crippen LogP contribution in [0.25, 0.3) is 22.0 Å². The van der Waals surface area contributed by atoms with Crippen molar-refractivity contribution in [1.29, 1.82) is 0 Å². The Morgan fingerprint density at radius 2 is 1.83 bits per heavy atom. The van der Waals surface area contributed by atoms with Crippen molar-refractivity contribution in [2.45, 2.75) is 51.6 Å². The minimum atomic E-state index is -2.92. The second kappa shape index (κ2) is 14.2. The van der Waals surface area contributed by atoms with Gasteiger partial charge in [0, 0.05) is 46.2 Å². The van der Waals surface area contributed by atoms with E-state index in [-0.39, 0.29) is 48.3 Å². The SMILES string of the molecule is CC(C)N(CC(=O)Nc1cccc(-c2ccccc2Cl)c1F)C(=O)Cn1nc(C(N)=O)c2cc(NC(O)N3CCCC(F)(F)C3)ccc21. The van der Waals surface area contributed by atoms with Gasteiger partial charge in [-0.1, -0.05) is 41.9 Å². The summed E-state index contributed by atoms with van der Waals surface area (Å²) >= 11 is 6.25. The summed E-state index contributed by atoms with van der Waals surface area (Å²) in [6.07, 6.45) is -1.45. The summed E-state index contributed by atoms with van der Waals surface area (Å²) in [5, 5.41) is 20.7. The molecule has 1 aliphatic rings. The number of benzene rings is 3. The molecule has 1 atom stereocenters. The summed E-state index contributed by atoms with van der Waals surface area (Å²) in [4.78, 5) is 41.4.